The number of nitrogens with zero attached hydrogens (tertiary/aromatic N) is 1. The Kier molecular flexibility index (Phi) is 9.30. The Hall–Kier alpha value is -1.93. The van der Waals surface area contributed by atoms with Crippen molar-refractivity contribution in [3.05, 3.63) is 29.8 Å². The Balaban J connectivity index is 1.94. The summed E-state index contributed by atoms with van der Waals surface area (Å²) in [5, 5.41) is 17.0. The van der Waals surface area contributed by atoms with Crippen LogP contribution in [0.3, 0.4) is 0 Å². The summed E-state index contributed by atoms with van der Waals surface area (Å²) in [5.74, 6) is 1.07. The van der Waals surface area contributed by atoms with Gasteiger partial charge < -0.3 is 25.2 Å². The zero-order chi connectivity index (χ0) is 22.1. The van der Waals surface area contributed by atoms with Crippen molar-refractivity contribution < 1.29 is 23.4 Å². The van der Waals surface area contributed by atoms with E-state index in [1.54, 1.807) is 12.1 Å². The second kappa shape index (κ2) is 11.5. The van der Waals surface area contributed by atoms with Crippen LogP contribution in [0, 0.1) is 11.3 Å². The van der Waals surface area contributed by atoms with Crippen molar-refractivity contribution in [2.75, 3.05) is 26.2 Å². The van der Waals surface area contributed by atoms with Crippen LogP contribution in [0.5, 0.6) is 5.75 Å². The Bertz CT molecular complexity index is 663. The average molecular weight is 428 g/mol. The Morgan fingerprint density at radius 2 is 1.97 bits per heavy atom. The molecule has 0 aromatic heterocycles. The van der Waals surface area contributed by atoms with Crippen LogP contribution in [0.1, 0.15) is 52.2 Å². The van der Waals surface area contributed by atoms with E-state index < -0.39 is 12.7 Å². The lowest BCUT2D eigenvalue weighted by atomic mass is 9.78. The summed E-state index contributed by atoms with van der Waals surface area (Å²) in [5.41, 5.74) is 0.656. The molecule has 3 N–H and O–H groups in total. The van der Waals surface area contributed by atoms with Crippen LogP contribution in [0.15, 0.2) is 29.3 Å². The number of hydrogen-bond acceptors (Lipinski definition) is 4. The minimum atomic E-state index is -2.87. The molecule has 6 nitrogen and oxygen atoms in total. The number of aliphatic hydroxyl groups excluding tert-OH is 1. The van der Waals surface area contributed by atoms with Gasteiger partial charge in [0.2, 0.25) is 0 Å². The standard InChI is InChI=1S/C22H35F2N3O3/c1-5-25-21(26-13-16-7-6-12-29-19(16)22(2,3)4)27-14-18(28)15-8-10-17(11-9-15)30-20(23)24/h8-11,16,18-20,28H,5-7,12-14H2,1-4H3,(H2,25,26,27). The monoisotopic (exact) mass is 427 g/mol. The highest BCUT2D eigenvalue weighted by atomic mass is 19.3. The molecule has 1 saturated heterocycles. The first-order valence-electron chi connectivity index (χ1n) is 10.6. The zero-order valence-electron chi connectivity index (χ0n) is 18.3. The number of halogens is 2. The van der Waals surface area contributed by atoms with E-state index in [0.29, 0.717) is 24.0 Å². The molecule has 8 heteroatoms. The van der Waals surface area contributed by atoms with Crippen molar-refractivity contribution in [2.24, 2.45) is 16.3 Å². The van der Waals surface area contributed by atoms with Crippen molar-refractivity contribution >= 4 is 5.96 Å². The van der Waals surface area contributed by atoms with Gasteiger partial charge in [-0.05, 0) is 42.9 Å². The molecule has 0 radical (unpaired) electrons. The van der Waals surface area contributed by atoms with Crippen molar-refractivity contribution in [1.29, 1.82) is 0 Å². The van der Waals surface area contributed by atoms with Crippen LogP contribution in [0.25, 0.3) is 0 Å². The van der Waals surface area contributed by atoms with Crippen LogP contribution in [-0.4, -0.2) is 50.0 Å². The van der Waals surface area contributed by atoms with Gasteiger partial charge in [0.05, 0.1) is 18.8 Å². The Labute approximate surface area is 178 Å². The van der Waals surface area contributed by atoms with Gasteiger partial charge in [-0.15, -0.1) is 0 Å². The van der Waals surface area contributed by atoms with Gasteiger partial charge in [-0.25, -0.2) is 0 Å². The molecule has 0 aliphatic carbocycles. The fraction of sp³-hybridized carbons (Fsp3) is 0.682. The summed E-state index contributed by atoms with van der Waals surface area (Å²) in [7, 11) is 0. The number of ether oxygens (including phenoxy) is 2. The second-order valence-electron chi connectivity index (χ2n) is 8.62. The van der Waals surface area contributed by atoms with Gasteiger partial charge in [0.1, 0.15) is 5.75 Å². The number of nitrogens with one attached hydrogen (secondary N) is 2. The molecule has 0 spiro atoms. The van der Waals surface area contributed by atoms with Crippen molar-refractivity contribution in [3.63, 3.8) is 0 Å². The molecule has 1 aliphatic heterocycles. The molecule has 1 aromatic carbocycles. The van der Waals surface area contributed by atoms with Gasteiger partial charge >= 0.3 is 6.61 Å². The molecule has 2 rings (SSSR count). The van der Waals surface area contributed by atoms with Gasteiger partial charge in [-0.3, -0.25) is 4.99 Å². The summed E-state index contributed by atoms with van der Waals surface area (Å²) >= 11 is 0. The van der Waals surface area contributed by atoms with E-state index in [4.69, 9.17) is 4.74 Å². The molecule has 0 bridgehead atoms. The summed E-state index contributed by atoms with van der Waals surface area (Å²) < 4.78 is 34.9. The first-order valence-corrected chi connectivity index (χ1v) is 10.6. The van der Waals surface area contributed by atoms with E-state index in [0.717, 1.165) is 26.0 Å². The van der Waals surface area contributed by atoms with Gasteiger partial charge in [0.15, 0.2) is 5.96 Å². The number of guanidine groups is 1. The van der Waals surface area contributed by atoms with Crippen LogP contribution in [-0.2, 0) is 4.74 Å². The van der Waals surface area contributed by atoms with Crippen molar-refractivity contribution in [2.45, 2.75) is 59.4 Å². The lowest BCUT2D eigenvalue weighted by Crippen LogP contribution is -2.47. The number of rotatable bonds is 8. The van der Waals surface area contributed by atoms with Gasteiger partial charge in [-0.1, -0.05) is 32.9 Å². The lowest BCUT2D eigenvalue weighted by Gasteiger charge is -2.40. The van der Waals surface area contributed by atoms with Crippen LogP contribution >= 0.6 is 0 Å². The molecule has 0 amide bonds. The van der Waals surface area contributed by atoms with E-state index in [1.165, 1.54) is 12.1 Å². The minimum absolute atomic E-state index is 0.0579. The molecular formula is C22H35F2N3O3. The smallest absolute Gasteiger partial charge is 0.387 e. The molecular weight excluding hydrogens is 392 g/mol. The van der Waals surface area contributed by atoms with Gasteiger partial charge in [0.25, 0.3) is 0 Å². The quantitative estimate of drug-likeness (QED) is 0.436. The van der Waals surface area contributed by atoms with E-state index in [-0.39, 0.29) is 23.8 Å². The van der Waals surface area contributed by atoms with E-state index in [1.807, 2.05) is 6.92 Å². The number of alkyl halides is 2. The largest absolute Gasteiger partial charge is 0.435 e. The van der Waals surface area contributed by atoms with Crippen LogP contribution < -0.4 is 15.4 Å². The highest BCUT2D eigenvalue weighted by molar-refractivity contribution is 5.79. The highest BCUT2D eigenvalue weighted by Gasteiger charge is 2.35. The topological polar surface area (TPSA) is 75.1 Å². The summed E-state index contributed by atoms with van der Waals surface area (Å²) in [6.07, 6.45) is 1.49. The predicted octanol–water partition coefficient (Wildman–Crippen LogP) is 3.72. The fourth-order valence-electron chi connectivity index (χ4n) is 3.73. The number of benzene rings is 1. The molecule has 1 heterocycles. The number of aliphatic hydroxyl groups is 1. The van der Waals surface area contributed by atoms with Crippen molar-refractivity contribution in [3.8, 4) is 5.75 Å². The first kappa shape index (κ1) is 24.3. The minimum Gasteiger partial charge on any atom is -0.435 e. The normalized spacial score (nSPS) is 21.4. The molecule has 30 heavy (non-hydrogen) atoms. The summed E-state index contributed by atoms with van der Waals surface area (Å²) in [6.45, 7) is 8.10. The zero-order valence-corrected chi connectivity index (χ0v) is 18.3. The third-order valence-corrected chi connectivity index (χ3v) is 5.09. The van der Waals surface area contributed by atoms with E-state index in [2.05, 4.69) is 41.1 Å². The van der Waals surface area contributed by atoms with E-state index >= 15 is 0 Å². The van der Waals surface area contributed by atoms with E-state index in [9.17, 15) is 13.9 Å². The first-order chi connectivity index (χ1) is 14.2. The average Bonchev–Trinajstić information content (AvgIpc) is 2.69. The van der Waals surface area contributed by atoms with Crippen molar-refractivity contribution in [1.82, 2.24) is 10.6 Å². The molecule has 3 unspecified atom stereocenters. The number of aliphatic imine (C=N–C) groups is 1. The number of hydrogen-bond donors (Lipinski definition) is 3. The molecule has 1 aliphatic rings. The fourth-order valence-corrected chi connectivity index (χ4v) is 3.73. The molecule has 0 saturated carbocycles. The van der Waals surface area contributed by atoms with Gasteiger partial charge in [-0.2, -0.15) is 8.78 Å². The highest BCUT2D eigenvalue weighted by Crippen LogP contribution is 2.33. The predicted molar refractivity (Wildman–Crippen MR) is 114 cm³/mol. The maximum atomic E-state index is 12.2. The molecule has 170 valence electrons. The van der Waals surface area contributed by atoms with Crippen LogP contribution in [0.4, 0.5) is 8.78 Å². The second-order valence-corrected chi connectivity index (χ2v) is 8.62. The maximum Gasteiger partial charge on any atom is 0.387 e. The molecule has 1 fully saturated rings. The van der Waals surface area contributed by atoms with Crippen LogP contribution in [0.2, 0.25) is 0 Å². The third-order valence-electron chi connectivity index (χ3n) is 5.09. The maximum absolute atomic E-state index is 12.2. The Morgan fingerprint density at radius 1 is 1.27 bits per heavy atom. The molecule has 3 atom stereocenters. The van der Waals surface area contributed by atoms with Gasteiger partial charge in [0, 0.05) is 25.6 Å². The summed E-state index contributed by atoms with van der Waals surface area (Å²) in [6, 6.07) is 5.94. The SMILES string of the molecule is CCNC(=NCC(O)c1ccc(OC(F)F)cc1)NCC1CCCOC1C(C)(C)C. The molecule has 1 aromatic rings. The Morgan fingerprint density at radius 3 is 2.57 bits per heavy atom. The summed E-state index contributed by atoms with van der Waals surface area (Å²) in [4.78, 5) is 4.48. The lowest BCUT2D eigenvalue weighted by molar-refractivity contribution is -0.0835. The third kappa shape index (κ3) is 7.72.